The lowest BCUT2D eigenvalue weighted by molar-refractivity contribution is 0.468. The van der Waals surface area contributed by atoms with E-state index in [1.165, 1.54) is 29.7 Å². The fraction of sp³-hybridized carbons (Fsp3) is 0.579. The van der Waals surface area contributed by atoms with Gasteiger partial charge in [-0.3, -0.25) is 14.0 Å². The Hall–Kier alpha value is -1.67. The Kier molecular flexibility index (Phi) is 5.63. The van der Waals surface area contributed by atoms with Crippen molar-refractivity contribution in [1.82, 2.24) is 24.3 Å². The second-order valence-corrected chi connectivity index (χ2v) is 9.22. The van der Waals surface area contributed by atoms with E-state index in [1.54, 1.807) is 35.8 Å². The summed E-state index contributed by atoms with van der Waals surface area (Å²) in [4.78, 5) is 24.7. The minimum atomic E-state index is 0.143. The van der Waals surface area contributed by atoms with E-state index in [-0.39, 0.29) is 11.6 Å². The topological polar surface area (TPSA) is 65.6 Å². The number of aromatic nitrogens is 5. The quantitative estimate of drug-likeness (QED) is 0.352. The van der Waals surface area contributed by atoms with Crippen LogP contribution >= 0.6 is 23.1 Å². The first-order chi connectivity index (χ1) is 13.2. The Bertz CT molecular complexity index is 976. The molecule has 0 N–H and O–H groups in total. The minimum absolute atomic E-state index is 0.143. The highest BCUT2D eigenvalue weighted by molar-refractivity contribution is 7.99. The van der Waals surface area contributed by atoms with Crippen molar-refractivity contribution in [3.8, 4) is 0 Å². The molecule has 0 saturated heterocycles. The normalized spacial score (nSPS) is 15.6. The third-order valence-electron chi connectivity index (χ3n) is 5.29. The van der Waals surface area contributed by atoms with Crippen LogP contribution in [0, 0.1) is 0 Å². The SMILES string of the molecule is CCC(C)n1c(SCCn2cncn2)nc2sc3c(c2c1=O)CCCCC3. The van der Waals surface area contributed by atoms with Crippen molar-refractivity contribution in [1.29, 1.82) is 0 Å². The molecule has 4 rings (SSSR count). The Morgan fingerprint density at radius 1 is 1.30 bits per heavy atom. The predicted molar refractivity (Wildman–Crippen MR) is 111 cm³/mol. The van der Waals surface area contributed by atoms with E-state index in [9.17, 15) is 4.79 Å². The van der Waals surface area contributed by atoms with E-state index in [0.717, 1.165) is 46.9 Å². The highest BCUT2D eigenvalue weighted by Gasteiger charge is 2.23. The second kappa shape index (κ2) is 8.14. The summed E-state index contributed by atoms with van der Waals surface area (Å²) in [6.07, 6.45) is 9.94. The van der Waals surface area contributed by atoms with Crippen LogP contribution in [0.25, 0.3) is 10.2 Å². The third kappa shape index (κ3) is 3.69. The summed E-state index contributed by atoms with van der Waals surface area (Å²) in [6.45, 7) is 4.99. The van der Waals surface area contributed by atoms with Gasteiger partial charge in [0.05, 0.1) is 11.9 Å². The zero-order valence-corrected chi connectivity index (χ0v) is 17.5. The number of rotatable bonds is 6. The molecule has 0 aliphatic heterocycles. The molecular weight excluding hydrogens is 378 g/mol. The van der Waals surface area contributed by atoms with Gasteiger partial charge in [0, 0.05) is 16.7 Å². The Balaban J connectivity index is 1.74. The monoisotopic (exact) mass is 403 g/mol. The fourth-order valence-electron chi connectivity index (χ4n) is 3.63. The summed E-state index contributed by atoms with van der Waals surface area (Å²) in [5.74, 6) is 0.808. The van der Waals surface area contributed by atoms with Crippen LogP contribution in [0.3, 0.4) is 0 Å². The van der Waals surface area contributed by atoms with Crippen LogP contribution in [-0.4, -0.2) is 30.1 Å². The van der Waals surface area contributed by atoms with E-state index in [2.05, 4.69) is 23.9 Å². The first-order valence-corrected chi connectivity index (χ1v) is 11.5. The molecule has 0 spiro atoms. The van der Waals surface area contributed by atoms with Gasteiger partial charge in [-0.15, -0.1) is 11.3 Å². The van der Waals surface area contributed by atoms with E-state index in [1.807, 2.05) is 9.25 Å². The van der Waals surface area contributed by atoms with Gasteiger partial charge in [0.15, 0.2) is 5.16 Å². The fourth-order valence-corrected chi connectivity index (χ4v) is 5.96. The summed E-state index contributed by atoms with van der Waals surface area (Å²) < 4.78 is 3.73. The maximum absolute atomic E-state index is 13.5. The molecule has 0 saturated carbocycles. The minimum Gasteiger partial charge on any atom is -0.284 e. The molecule has 3 heterocycles. The van der Waals surface area contributed by atoms with Crippen molar-refractivity contribution in [3.63, 3.8) is 0 Å². The van der Waals surface area contributed by atoms with Gasteiger partial charge in [0.1, 0.15) is 17.5 Å². The van der Waals surface area contributed by atoms with Crippen molar-refractivity contribution < 1.29 is 0 Å². The average molecular weight is 404 g/mol. The molecule has 6 nitrogen and oxygen atoms in total. The number of thioether (sulfide) groups is 1. The van der Waals surface area contributed by atoms with Crippen molar-refractivity contribution >= 4 is 33.3 Å². The van der Waals surface area contributed by atoms with Crippen LogP contribution in [0.5, 0.6) is 0 Å². The second-order valence-electron chi connectivity index (χ2n) is 7.08. The van der Waals surface area contributed by atoms with Crippen LogP contribution in [0.2, 0.25) is 0 Å². The van der Waals surface area contributed by atoms with E-state index in [0.29, 0.717) is 0 Å². The van der Waals surface area contributed by atoms with Crippen molar-refractivity contribution in [3.05, 3.63) is 33.4 Å². The van der Waals surface area contributed by atoms with E-state index in [4.69, 9.17) is 4.98 Å². The molecule has 1 unspecified atom stereocenters. The number of aryl methyl sites for hydroxylation is 3. The van der Waals surface area contributed by atoms with Gasteiger partial charge in [-0.05, 0) is 44.6 Å². The van der Waals surface area contributed by atoms with Gasteiger partial charge in [-0.25, -0.2) is 9.97 Å². The van der Waals surface area contributed by atoms with Gasteiger partial charge in [-0.2, -0.15) is 5.10 Å². The van der Waals surface area contributed by atoms with Crippen LogP contribution in [-0.2, 0) is 19.4 Å². The molecule has 1 aliphatic carbocycles. The largest absolute Gasteiger partial charge is 0.284 e. The number of thiophene rings is 1. The van der Waals surface area contributed by atoms with Gasteiger partial charge in [-0.1, -0.05) is 25.1 Å². The van der Waals surface area contributed by atoms with Gasteiger partial charge < -0.3 is 0 Å². The average Bonchev–Trinajstić information content (AvgIpc) is 3.24. The number of hydrogen-bond acceptors (Lipinski definition) is 6. The lowest BCUT2D eigenvalue weighted by atomic mass is 10.1. The maximum Gasteiger partial charge on any atom is 0.263 e. The molecule has 0 fully saturated rings. The third-order valence-corrected chi connectivity index (χ3v) is 7.41. The summed E-state index contributed by atoms with van der Waals surface area (Å²) in [7, 11) is 0. The molecular formula is C19H25N5OS2. The first-order valence-electron chi connectivity index (χ1n) is 9.71. The summed E-state index contributed by atoms with van der Waals surface area (Å²) in [5.41, 5.74) is 1.43. The molecule has 0 amide bonds. The van der Waals surface area contributed by atoms with E-state index >= 15 is 0 Å². The number of nitrogens with zero attached hydrogens (tertiary/aromatic N) is 5. The lowest BCUT2D eigenvalue weighted by Crippen LogP contribution is -2.26. The zero-order chi connectivity index (χ0) is 18.8. The van der Waals surface area contributed by atoms with Gasteiger partial charge in [0.25, 0.3) is 5.56 Å². The zero-order valence-electron chi connectivity index (χ0n) is 15.8. The standard InChI is InChI=1S/C19H25N5OS2/c1-3-13(2)24-18(25)16-14-7-5-4-6-8-15(14)27-17(16)22-19(24)26-10-9-23-12-20-11-21-23/h11-13H,3-10H2,1-2H3. The highest BCUT2D eigenvalue weighted by Crippen LogP contribution is 2.34. The van der Waals surface area contributed by atoms with Crippen LogP contribution in [0.15, 0.2) is 22.6 Å². The van der Waals surface area contributed by atoms with Crippen LogP contribution in [0.4, 0.5) is 0 Å². The summed E-state index contributed by atoms with van der Waals surface area (Å²) >= 11 is 3.37. The van der Waals surface area contributed by atoms with Crippen molar-refractivity contribution in [2.75, 3.05) is 5.75 Å². The molecule has 1 aliphatic rings. The Morgan fingerprint density at radius 2 is 2.15 bits per heavy atom. The van der Waals surface area contributed by atoms with Gasteiger partial charge in [0.2, 0.25) is 0 Å². The van der Waals surface area contributed by atoms with E-state index < -0.39 is 0 Å². The number of hydrogen-bond donors (Lipinski definition) is 0. The van der Waals surface area contributed by atoms with Crippen LogP contribution < -0.4 is 5.56 Å². The molecule has 3 aromatic heterocycles. The van der Waals surface area contributed by atoms with Crippen LogP contribution in [0.1, 0.15) is 56.0 Å². The summed E-state index contributed by atoms with van der Waals surface area (Å²) in [5, 5.41) is 5.87. The molecule has 0 aromatic carbocycles. The van der Waals surface area contributed by atoms with Crippen molar-refractivity contribution in [2.45, 2.75) is 70.1 Å². The summed E-state index contributed by atoms with van der Waals surface area (Å²) in [6, 6.07) is 0.143. The highest BCUT2D eigenvalue weighted by atomic mass is 32.2. The molecule has 0 bridgehead atoms. The number of fused-ring (bicyclic) bond motifs is 3. The van der Waals surface area contributed by atoms with Crippen molar-refractivity contribution in [2.24, 2.45) is 0 Å². The first kappa shape index (κ1) is 18.7. The molecule has 144 valence electrons. The molecule has 0 radical (unpaired) electrons. The van der Waals surface area contributed by atoms with Gasteiger partial charge >= 0.3 is 0 Å². The smallest absolute Gasteiger partial charge is 0.263 e. The Labute approximate surface area is 167 Å². The maximum atomic E-state index is 13.5. The lowest BCUT2D eigenvalue weighted by Gasteiger charge is -2.17. The molecule has 3 aromatic rings. The molecule has 8 heteroatoms. The Morgan fingerprint density at radius 3 is 2.93 bits per heavy atom. The predicted octanol–water partition coefficient (Wildman–Crippen LogP) is 4.08. The molecule has 1 atom stereocenters. The molecule has 27 heavy (non-hydrogen) atoms.